The van der Waals surface area contributed by atoms with Crippen LogP contribution in [-0.4, -0.2) is 53.8 Å². The molecule has 2 amide bonds. The maximum Gasteiger partial charge on any atom is 0.288 e. The van der Waals surface area contributed by atoms with Gasteiger partial charge < -0.3 is 25.2 Å². The number of rotatable bonds is 7. The van der Waals surface area contributed by atoms with Crippen LogP contribution in [0.2, 0.25) is 0 Å². The Bertz CT molecular complexity index is 1380. The standard InChI is InChI=1S/C23H21FN4O6/c1-25-21(30)15-11-28-18-17(19(29)16(23(28)32)22(31)26-7-8-33-2)27-10-13(20(18)34-15)9-12-3-5-14(24)6-4-12/h3-6,10-11,29H,7-9H2,1-2H3,(H,25,30)(H,26,31). The van der Waals surface area contributed by atoms with E-state index in [0.29, 0.717) is 5.56 Å². The Kier molecular flexibility index (Phi) is 6.28. The van der Waals surface area contributed by atoms with Crippen molar-refractivity contribution in [2.24, 2.45) is 0 Å². The number of pyridine rings is 2. The summed E-state index contributed by atoms with van der Waals surface area (Å²) in [6, 6.07) is 5.79. The number of likely N-dealkylation sites (N-methyl/N-ethyl adjacent to an activating group) is 1. The van der Waals surface area contributed by atoms with Crippen LogP contribution in [0, 0.1) is 5.82 Å². The summed E-state index contributed by atoms with van der Waals surface area (Å²) in [7, 11) is 2.86. The SMILES string of the molecule is CNC(=O)C1=Cn2c(=O)c(C(=O)NCCOC)c(O)c3ncc(Cc4ccc(F)cc4)c(c32)O1. The Balaban J connectivity index is 1.91. The van der Waals surface area contributed by atoms with Crippen LogP contribution >= 0.6 is 0 Å². The second-order valence-corrected chi connectivity index (χ2v) is 7.44. The van der Waals surface area contributed by atoms with Crippen molar-refractivity contribution in [1.82, 2.24) is 20.2 Å². The van der Waals surface area contributed by atoms with Gasteiger partial charge in [-0.1, -0.05) is 12.1 Å². The number of amides is 2. The van der Waals surface area contributed by atoms with Crippen LogP contribution in [0.3, 0.4) is 0 Å². The van der Waals surface area contributed by atoms with Gasteiger partial charge in [0, 0.05) is 38.9 Å². The fraction of sp³-hybridized carbons (Fsp3) is 0.217. The van der Waals surface area contributed by atoms with Crippen LogP contribution in [0.25, 0.3) is 17.2 Å². The second kappa shape index (κ2) is 9.32. The molecule has 34 heavy (non-hydrogen) atoms. The lowest BCUT2D eigenvalue weighted by atomic mass is 10.0. The molecule has 0 fully saturated rings. The molecule has 3 heterocycles. The number of halogens is 1. The molecule has 0 aliphatic carbocycles. The highest BCUT2D eigenvalue weighted by Gasteiger charge is 2.30. The van der Waals surface area contributed by atoms with Gasteiger partial charge in [0.1, 0.15) is 22.4 Å². The van der Waals surface area contributed by atoms with Crippen molar-refractivity contribution in [2.75, 3.05) is 27.3 Å². The van der Waals surface area contributed by atoms with Crippen LogP contribution in [-0.2, 0) is 16.0 Å². The van der Waals surface area contributed by atoms with Gasteiger partial charge in [0.2, 0.25) is 5.76 Å². The van der Waals surface area contributed by atoms with E-state index in [4.69, 9.17) is 9.47 Å². The molecule has 11 heteroatoms. The maximum atomic E-state index is 13.3. The molecule has 0 unspecified atom stereocenters. The monoisotopic (exact) mass is 468 g/mol. The van der Waals surface area contributed by atoms with Gasteiger partial charge in [0.25, 0.3) is 17.4 Å². The fourth-order valence-electron chi connectivity index (χ4n) is 3.59. The second-order valence-electron chi connectivity index (χ2n) is 7.44. The lowest BCUT2D eigenvalue weighted by molar-refractivity contribution is -0.119. The predicted molar refractivity (Wildman–Crippen MR) is 120 cm³/mol. The quantitative estimate of drug-likeness (QED) is 0.443. The van der Waals surface area contributed by atoms with E-state index in [2.05, 4.69) is 15.6 Å². The number of carbonyl (C=O) groups excluding carboxylic acids is 2. The van der Waals surface area contributed by atoms with E-state index in [1.54, 1.807) is 12.1 Å². The first-order valence-electron chi connectivity index (χ1n) is 10.3. The van der Waals surface area contributed by atoms with Gasteiger partial charge in [0.05, 0.1) is 12.8 Å². The zero-order valence-electron chi connectivity index (χ0n) is 18.3. The highest BCUT2D eigenvalue weighted by Crippen LogP contribution is 2.38. The first kappa shape index (κ1) is 22.9. The van der Waals surface area contributed by atoms with Gasteiger partial charge in [-0.15, -0.1) is 0 Å². The van der Waals surface area contributed by atoms with E-state index in [-0.39, 0.29) is 42.1 Å². The molecule has 3 aromatic rings. The molecule has 0 spiro atoms. The number of aromatic nitrogens is 2. The number of aromatic hydroxyl groups is 1. The molecule has 0 saturated carbocycles. The summed E-state index contributed by atoms with van der Waals surface area (Å²) in [6.45, 7) is 0.321. The van der Waals surface area contributed by atoms with Crippen molar-refractivity contribution >= 4 is 29.0 Å². The molecule has 0 radical (unpaired) electrons. The summed E-state index contributed by atoms with van der Waals surface area (Å²) in [5.41, 5.74) is -0.122. The summed E-state index contributed by atoms with van der Waals surface area (Å²) in [5, 5.41) is 15.7. The summed E-state index contributed by atoms with van der Waals surface area (Å²) < 4.78 is 25.1. The van der Waals surface area contributed by atoms with Crippen molar-refractivity contribution in [3.8, 4) is 11.5 Å². The largest absolute Gasteiger partial charge is 0.505 e. The van der Waals surface area contributed by atoms with Crippen molar-refractivity contribution in [1.29, 1.82) is 0 Å². The van der Waals surface area contributed by atoms with E-state index < -0.39 is 34.5 Å². The van der Waals surface area contributed by atoms with Gasteiger partial charge in [-0.05, 0) is 17.7 Å². The van der Waals surface area contributed by atoms with Gasteiger partial charge in [-0.2, -0.15) is 0 Å². The van der Waals surface area contributed by atoms with Crippen molar-refractivity contribution < 1.29 is 28.6 Å². The molecule has 1 aliphatic heterocycles. The number of carbonyl (C=O) groups is 2. The molecule has 1 aliphatic rings. The van der Waals surface area contributed by atoms with E-state index in [0.717, 1.165) is 16.3 Å². The molecule has 3 N–H and O–H groups in total. The van der Waals surface area contributed by atoms with E-state index >= 15 is 0 Å². The number of hydrogen-bond acceptors (Lipinski definition) is 7. The number of methoxy groups -OCH3 is 1. The van der Waals surface area contributed by atoms with Crippen LogP contribution in [0.5, 0.6) is 11.5 Å². The average molecular weight is 468 g/mol. The number of nitrogens with zero attached hydrogens (tertiary/aromatic N) is 2. The normalized spacial score (nSPS) is 12.1. The number of ether oxygens (including phenoxy) is 2. The minimum absolute atomic E-state index is 0.0541. The predicted octanol–water partition coefficient (Wildman–Crippen LogP) is 1.14. The molecule has 4 rings (SSSR count). The Morgan fingerprint density at radius 1 is 1.24 bits per heavy atom. The molecule has 0 atom stereocenters. The first-order valence-corrected chi connectivity index (χ1v) is 10.3. The van der Waals surface area contributed by atoms with Crippen LogP contribution < -0.4 is 20.9 Å². The minimum atomic E-state index is -0.855. The number of nitrogens with one attached hydrogen (secondary N) is 2. The average Bonchev–Trinajstić information content (AvgIpc) is 2.84. The smallest absolute Gasteiger partial charge is 0.288 e. The first-order chi connectivity index (χ1) is 16.3. The third-order valence-corrected chi connectivity index (χ3v) is 5.25. The minimum Gasteiger partial charge on any atom is -0.505 e. The Hall–Kier alpha value is -4.25. The third-order valence-electron chi connectivity index (χ3n) is 5.25. The zero-order valence-corrected chi connectivity index (χ0v) is 18.3. The highest BCUT2D eigenvalue weighted by atomic mass is 19.1. The summed E-state index contributed by atoms with van der Waals surface area (Å²) >= 11 is 0. The lowest BCUT2D eigenvalue weighted by Crippen LogP contribution is -2.35. The van der Waals surface area contributed by atoms with Gasteiger partial charge in [-0.3, -0.25) is 23.9 Å². The Morgan fingerprint density at radius 2 is 1.97 bits per heavy atom. The Morgan fingerprint density at radius 3 is 2.65 bits per heavy atom. The van der Waals surface area contributed by atoms with E-state index in [1.807, 2.05) is 0 Å². The van der Waals surface area contributed by atoms with Gasteiger partial charge >= 0.3 is 0 Å². The fourth-order valence-corrected chi connectivity index (χ4v) is 3.59. The van der Waals surface area contributed by atoms with Crippen molar-refractivity contribution in [3.63, 3.8) is 0 Å². The van der Waals surface area contributed by atoms with Crippen LogP contribution in [0.1, 0.15) is 21.5 Å². The third kappa shape index (κ3) is 4.08. The maximum absolute atomic E-state index is 13.3. The summed E-state index contributed by atoms with van der Waals surface area (Å²) in [5.74, 6) is -2.49. The highest BCUT2D eigenvalue weighted by molar-refractivity contribution is 6.04. The summed E-state index contributed by atoms with van der Waals surface area (Å²) in [4.78, 5) is 42.5. The summed E-state index contributed by atoms with van der Waals surface area (Å²) in [6.07, 6.45) is 2.80. The molecule has 2 aromatic heterocycles. The van der Waals surface area contributed by atoms with Gasteiger partial charge in [-0.25, -0.2) is 4.39 Å². The molecular formula is C23H21FN4O6. The molecule has 1 aromatic carbocycles. The lowest BCUT2D eigenvalue weighted by Gasteiger charge is -2.22. The molecule has 176 valence electrons. The van der Waals surface area contributed by atoms with Gasteiger partial charge in [0.15, 0.2) is 11.5 Å². The topological polar surface area (TPSA) is 132 Å². The van der Waals surface area contributed by atoms with Crippen LogP contribution in [0.4, 0.5) is 4.39 Å². The molecule has 0 saturated heterocycles. The number of hydrogen-bond donors (Lipinski definition) is 3. The zero-order chi connectivity index (χ0) is 24.4. The van der Waals surface area contributed by atoms with E-state index in [1.165, 1.54) is 32.5 Å². The van der Waals surface area contributed by atoms with E-state index in [9.17, 15) is 23.9 Å². The van der Waals surface area contributed by atoms with Crippen molar-refractivity contribution in [3.05, 3.63) is 69.1 Å². The van der Waals surface area contributed by atoms with Crippen molar-refractivity contribution in [2.45, 2.75) is 6.42 Å². The molecule has 0 bridgehead atoms. The Labute approximate surface area is 192 Å². The molecular weight excluding hydrogens is 447 g/mol. The number of benzene rings is 1. The molecule has 10 nitrogen and oxygen atoms in total. The van der Waals surface area contributed by atoms with Crippen LogP contribution in [0.15, 0.2) is 41.0 Å².